The molecule has 0 radical (unpaired) electrons. The largest absolute Gasteiger partial charge is 0.357 e. The maximum absolute atomic E-state index is 12.2. The number of benzene rings is 1. The van der Waals surface area contributed by atoms with Crippen molar-refractivity contribution in [2.24, 2.45) is 4.99 Å². The number of carbonyl (C=O) groups is 1. The van der Waals surface area contributed by atoms with Gasteiger partial charge in [0.2, 0.25) is 0 Å². The van der Waals surface area contributed by atoms with Crippen molar-refractivity contribution in [1.29, 1.82) is 0 Å². The molecule has 1 aliphatic rings. The lowest BCUT2D eigenvalue weighted by Gasteiger charge is -2.31. The highest BCUT2D eigenvalue weighted by Gasteiger charge is 2.17. The maximum atomic E-state index is 12.2. The standard InChI is InChI=1S/C22H29N5OS.HI/c1-3-23-22(25-12-11-24-21(28)20-17(2)26-16-29-20)27-13-9-19(10-14-27)15-18-7-5-4-6-8-18;/h4-8,15-16H,3,9-14H2,1-2H3,(H,23,25)(H,24,28);1H. The molecule has 1 saturated heterocycles. The van der Waals surface area contributed by atoms with E-state index in [4.69, 9.17) is 4.99 Å². The van der Waals surface area contributed by atoms with Crippen molar-refractivity contribution in [3.05, 3.63) is 57.6 Å². The van der Waals surface area contributed by atoms with Crippen LogP contribution in [0.25, 0.3) is 6.08 Å². The maximum Gasteiger partial charge on any atom is 0.263 e. The second-order valence-corrected chi connectivity index (χ2v) is 7.81. The molecule has 3 rings (SSSR count). The molecule has 1 aliphatic heterocycles. The Labute approximate surface area is 199 Å². The van der Waals surface area contributed by atoms with Gasteiger partial charge in [-0.2, -0.15) is 0 Å². The Morgan fingerprint density at radius 2 is 1.97 bits per heavy atom. The minimum Gasteiger partial charge on any atom is -0.357 e. The molecule has 0 aliphatic carbocycles. The zero-order valence-electron chi connectivity index (χ0n) is 17.6. The number of halogens is 1. The summed E-state index contributed by atoms with van der Waals surface area (Å²) in [5.74, 6) is 0.855. The van der Waals surface area contributed by atoms with Crippen LogP contribution in [0.1, 0.15) is 40.7 Å². The van der Waals surface area contributed by atoms with Gasteiger partial charge in [0.1, 0.15) is 4.88 Å². The first kappa shape index (κ1) is 24.3. The first-order valence-corrected chi connectivity index (χ1v) is 11.0. The van der Waals surface area contributed by atoms with Crippen LogP contribution in [-0.2, 0) is 0 Å². The summed E-state index contributed by atoms with van der Waals surface area (Å²) in [7, 11) is 0. The lowest BCUT2D eigenvalue weighted by Crippen LogP contribution is -2.44. The molecule has 8 heteroatoms. The predicted octanol–water partition coefficient (Wildman–Crippen LogP) is 3.94. The number of rotatable bonds is 6. The van der Waals surface area contributed by atoms with Crippen LogP contribution in [0.4, 0.5) is 0 Å². The van der Waals surface area contributed by atoms with Gasteiger partial charge in [0.25, 0.3) is 5.91 Å². The number of amides is 1. The van der Waals surface area contributed by atoms with Crippen molar-refractivity contribution in [2.45, 2.75) is 26.7 Å². The van der Waals surface area contributed by atoms with Crippen molar-refractivity contribution < 1.29 is 4.79 Å². The minimum absolute atomic E-state index is 0. The first-order valence-electron chi connectivity index (χ1n) is 10.1. The summed E-state index contributed by atoms with van der Waals surface area (Å²) in [6, 6.07) is 10.5. The third-order valence-corrected chi connectivity index (χ3v) is 5.75. The highest BCUT2D eigenvalue weighted by Crippen LogP contribution is 2.19. The third kappa shape index (κ3) is 7.09. The number of aryl methyl sites for hydroxylation is 1. The molecular weight excluding hydrogens is 509 g/mol. The van der Waals surface area contributed by atoms with E-state index in [1.165, 1.54) is 22.5 Å². The Balaban J connectivity index is 0.00000320. The Morgan fingerprint density at radius 1 is 1.23 bits per heavy atom. The van der Waals surface area contributed by atoms with E-state index in [-0.39, 0.29) is 29.9 Å². The van der Waals surface area contributed by atoms with Gasteiger partial charge in [-0.05, 0) is 32.3 Å². The monoisotopic (exact) mass is 539 g/mol. The van der Waals surface area contributed by atoms with Crippen molar-refractivity contribution in [1.82, 2.24) is 20.5 Å². The summed E-state index contributed by atoms with van der Waals surface area (Å²) in [6.45, 7) is 7.73. The molecule has 1 fully saturated rings. The van der Waals surface area contributed by atoms with Gasteiger partial charge in [-0.3, -0.25) is 9.79 Å². The van der Waals surface area contributed by atoms with Crippen LogP contribution in [0, 0.1) is 6.92 Å². The second-order valence-electron chi connectivity index (χ2n) is 6.96. The van der Waals surface area contributed by atoms with Gasteiger partial charge in [-0.25, -0.2) is 4.98 Å². The summed E-state index contributed by atoms with van der Waals surface area (Å²) in [4.78, 5) is 24.0. The molecular formula is C22H30IN5OS. The van der Waals surface area contributed by atoms with Crippen molar-refractivity contribution >= 4 is 53.3 Å². The second kappa shape index (κ2) is 12.7. The highest BCUT2D eigenvalue weighted by atomic mass is 127. The zero-order chi connectivity index (χ0) is 20.5. The normalized spacial score (nSPS) is 14.1. The summed E-state index contributed by atoms with van der Waals surface area (Å²) >= 11 is 1.37. The summed E-state index contributed by atoms with van der Waals surface area (Å²) in [5.41, 5.74) is 5.22. The summed E-state index contributed by atoms with van der Waals surface area (Å²) in [6.07, 6.45) is 4.39. The Kier molecular flexibility index (Phi) is 10.3. The van der Waals surface area contributed by atoms with Crippen molar-refractivity contribution in [2.75, 3.05) is 32.7 Å². The third-order valence-electron chi connectivity index (χ3n) is 4.82. The molecule has 0 spiro atoms. The van der Waals surface area contributed by atoms with Crippen LogP contribution in [0.5, 0.6) is 0 Å². The zero-order valence-corrected chi connectivity index (χ0v) is 20.7. The molecule has 0 saturated carbocycles. The number of thiazole rings is 1. The van der Waals surface area contributed by atoms with Gasteiger partial charge in [-0.1, -0.05) is 42.0 Å². The molecule has 2 N–H and O–H groups in total. The molecule has 6 nitrogen and oxygen atoms in total. The van der Waals surface area contributed by atoms with E-state index in [0.29, 0.717) is 18.0 Å². The van der Waals surface area contributed by atoms with Gasteiger partial charge in [0.15, 0.2) is 5.96 Å². The molecule has 162 valence electrons. The molecule has 2 aromatic rings. The molecule has 0 atom stereocenters. The van der Waals surface area contributed by atoms with E-state index in [1.807, 2.05) is 13.0 Å². The van der Waals surface area contributed by atoms with Crippen LogP contribution in [0.3, 0.4) is 0 Å². The molecule has 0 unspecified atom stereocenters. The number of guanidine groups is 1. The molecule has 30 heavy (non-hydrogen) atoms. The van der Waals surface area contributed by atoms with E-state index in [9.17, 15) is 4.79 Å². The van der Waals surface area contributed by atoms with E-state index >= 15 is 0 Å². The lowest BCUT2D eigenvalue weighted by molar-refractivity contribution is 0.0958. The average molecular weight is 539 g/mol. The van der Waals surface area contributed by atoms with Gasteiger partial charge in [0, 0.05) is 26.2 Å². The quantitative estimate of drug-likeness (QED) is 0.253. The van der Waals surface area contributed by atoms with E-state index in [2.05, 4.69) is 57.8 Å². The van der Waals surface area contributed by atoms with Crippen LogP contribution in [-0.4, -0.2) is 54.5 Å². The van der Waals surface area contributed by atoms with E-state index in [1.54, 1.807) is 5.51 Å². The molecule has 1 aromatic heterocycles. The van der Waals surface area contributed by atoms with Crippen LogP contribution >= 0.6 is 35.3 Å². The molecule has 0 bridgehead atoms. The number of likely N-dealkylation sites (tertiary alicyclic amines) is 1. The number of aliphatic imine (C=N–C) groups is 1. The summed E-state index contributed by atoms with van der Waals surface area (Å²) in [5, 5.41) is 6.31. The van der Waals surface area contributed by atoms with Crippen molar-refractivity contribution in [3.8, 4) is 0 Å². The fraction of sp³-hybridized carbons (Fsp3) is 0.409. The number of piperidine rings is 1. The number of carbonyl (C=O) groups excluding carboxylic acids is 1. The molecule has 1 aromatic carbocycles. The predicted molar refractivity (Wildman–Crippen MR) is 136 cm³/mol. The van der Waals surface area contributed by atoms with Crippen molar-refractivity contribution in [3.63, 3.8) is 0 Å². The highest BCUT2D eigenvalue weighted by molar-refractivity contribution is 14.0. The van der Waals surface area contributed by atoms with Crippen LogP contribution in [0.2, 0.25) is 0 Å². The van der Waals surface area contributed by atoms with Crippen LogP contribution < -0.4 is 10.6 Å². The minimum atomic E-state index is -0.0705. The molecule has 1 amide bonds. The van der Waals surface area contributed by atoms with Gasteiger partial charge in [0.05, 0.1) is 17.7 Å². The Hall–Kier alpha value is -1.94. The van der Waals surface area contributed by atoms with Crippen LogP contribution in [0.15, 0.2) is 46.4 Å². The topological polar surface area (TPSA) is 69.6 Å². The first-order chi connectivity index (χ1) is 14.2. The van der Waals surface area contributed by atoms with Gasteiger partial charge < -0.3 is 15.5 Å². The smallest absolute Gasteiger partial charge is 0.263 e. The number of aromatic nitrogens is 1. The van der Waals surface area contributed by atoms with Gasteiger partial charge >= 0.3 is 0 Å². The lowest BCUT2D eigenvalue weighted by atomic mass is 10.0. The van der Waals surface area contributed by atoms with E-state index < -0.39 is 0 Å². The van der Waals surface area contributed by atoms with E-state index in [0.717, 1.165) is 44.1 Å². The Morgan fingerprint density at radius 3 is 2.60 bits per heavy atom. The number of nitrogens with zero attached hydrogens (tertiary/aromatic N) is 3. The number of hydrogen-bond acceptors (Lipinski definition) is 4. The number of nitrogens with one attached hydrogen (secondary N) is 2. The van der Waals surface area contributed by atoms with Gasteiger partial charge in [-0.15, -0.1) is 35.3 Å². The Bertz CT molecular complexity index is 855. The number of hydrogen-bond donors (Lipinski definition) is 2. The SMILES string of the molecule is CCNC(=NCCNC(=O)c1scnc1C)N1CCC(=Cc2ccccc2)CC1.I. The average Bonchev–Trinajstić information content (AvgIpc) is 3.17. The summed E-state index contributed by atoms with van der Waals surface area (Å²) < 4.78 is 0. The molecule has 2 heterocycles. The fourth-order valence-electron chi connectivity index (χ4n) is 3.29. The fourth-order valence-corrected chi connectivity index (χ4v) is 4.01.